The van der Waals surface area contributed by atoms with Gasteiger partial charge in [0.25, 0.3) is 0 Å². The maximum Gasteiger partial charge on any atom is 0.119 e. The molecule has 0 bridgehead atoms. The van der Waals surface area contributed by atoms with E-state index < -0.39 is 0 Å². The van der Waals surface area contributed by atoms with Gasteiger partial charge in [0, 0.05) is 19.6 Å². The highest BCUT2D eigenvalue weighted by Crippen LogP contribution is 2.25. The van der Waals surface area contributed by atoms with Crippen molar-refractivity contribution in [2.75, 3.05) is 20.8 Å². The lowest BCUT2D eigenvalue weighted by Crippen LogP contribution is -2.04. The molecule has 0 amide bonds. The molecule has 1 unspecified atom stereocenters. The van der Waals surface area contributed by atoms with Crippen molar-refractivity contribution in [1.29, 1.82) is 0 Å². The van der Waals surface area contributed by atoms with Gasteiger partial charge in [0.15, 0.2) is 0 Å². The number of aliphatic hydroxyl groups excluding tert-OH is 1. The fraction of sp³-hybridized carbons (Fsp3) is 0.500. The first kappa shape index (κ1) is 12.0. The number of ether oxygens (including phenoxy) is 2. The van der Waals surface area contributed by atoms with Crippen molar-refractivity contribution >= 4 is 0 Å². The van der Waals surface area contributed by atoms with Crippen molar-refractivity contribution in [1.82, 2.24) is 0 Å². The Balaban J connectivity index is 3.04. The van der Waals surface area contributed by atoms with Crippen LogP contribution >= 0.6 is 0 Å². The van der Waals surface area contributed by atoms with Crippen LogP contribution in [0.3, 0.4) is 0 Å². The lowest BCUT2D eigenvalue weighted by atomic mass is 9.96. The Kier molecular flexibility index (Phi) is 4.59. The maximum atomic E-state index is 9.16. The zero-order valence-electron chi connectivity index (χ0n) is 9.49. The van der Waals surface area contributed by atoms with E-state index in [-0.39, 0.29) is 12.5 Å². The van der Waals surface area contributed by atoms with Crippen LogP contribution in [0.1, 0.15) is 24.0 Å². The summed E-state index contributed by atoms with van der Waals surface area (Å²) in [6.07, 6.45) is 0. The number of hydrogen-bond acceptors (Lipinski definition) is 3. The van der Waals surface area contributed by atoms with E-state index in [0.29, 0.717) is 6.61 Å². The largest absolute Gasteiger partial charge is 0.497 e. The summed E-state index contributed by atoms with van der Waals surface area (Å²) in [6.45, 7) is 2.67. The summed E-state index contributed by atoms with van der Waals surface area (Å²) in [7, 11) is 3.30. The second-order valence-electron chi connectivity index (χ2n) is 3.58. The molecule has 0 aliphatic rings. The molecule has 1 rings (SSSR count). The Labute approximate surface area is 90.6 Å². The Morgan fingerprint density at radius 2 is 2.07 bits per heavy atom. The molecule has 0 radical (unpaired) electrons. The van der Waals surface area contributed by atoms with Crippen molar-refractivity contribution in [2.45, 2.75) is 19.4 Å². The van der Waals surface area contributed by atoms with Crippen LogP contribution in [0, 0.1) is 0 Å². The average Bonchev–Trinajstić information content (AvgIpc) is 2.29. The quantitative estimate of drug-likeness (QED) is 0.807. The minimum absolute atomic E-state index is 0.102. The number of hydrogen-bond donors (Lipinski definition) is 1. The SMILES string of the molecule is COCc1ccc(OC)cc1C(C)CO. The van der Waals surface area contributed by atoms with E-state index in [1.165, 1.54) is 0 Å². The van der Waals surface area contributed by atoms with E-state index in [1.807, 2.05) is 25.1 Å². The van der Waals surface area contributed by atoms with E-state index in [2.05, 4.69) is 0 Å². The van der Waals surface area contributed by atoms with Crippen LogP contribution in [0.4, 0.5) is 0 Å². The van der Waals surface area contributed by atoms with Gasteiger partial charge in [-0.05, 0) is 23.3 Å². The average molecular weight is 210 g/mol. The third kappa shape index (κ3) is 2.94. The number of methoxy groups -OCH3 is 2. The third-order valence-electron chi connectivity index (χ3n) is 2.46. The first-order valence-corrected chi connectivity index (χ1v) is 4.99. The highest BCUT2D eigenvalue weighted by atomic mass is 16.5. The van der Waals surface area contributed by atoms with Crippen LogP contribution in [0.15, 0.2) is 18.2 Å². The number of aliphatic hydroxyl groups is 1. The van der Waals surface area contributed by atoms with Gasteiger partial charge in [0.1, 0.15) is 5.75 Å². The maximum absolute atomic E-state index is 9.16. The van der Waals surface area contributed by atoms with Crippen LogP contribution in [0.2, 0.25) is 0 Å². The molecule has 1 aromatic carbocycles. The molecule has 1 N–H and O–H groups in total. The van der Waals surface area contributed by atoms with Crippen LogP contribution in [-0.2, 0) is 11.3 Å². The second kappa shape index (κ2) is 5.73. The van der Waals surface area contributed by atoms with Gasteiger partial charge >= 0.3 is 0 Å². The summed E-state index contributed by atoms with van der Waals surface area (Å²) in [4.78, 5) is 0. The Hall–Kier alpha value is -1.06. The zero-order chi connectivity index (χ0) is 11.3. The monoisotopic (exact) mass is 210 g/mol. The highest BCUT2D eigenvalue weighted by Gasteiger charge is 2.10. The molecule has 0 spiro atoms. The molecule has 0 aliphatic carbocycles. The standard InChI is InChI=1S/C12H18O3/c1-9(7-13)12-6-11(15-3)5-4-10(12)8-14-2/h4-6,9,13H,7-8H2,1-3H3. The van der Waals surface area contributed by atoms with Gasteiger partial charge in [-0.25, -0.2) is 0 Å². The zero-order valence-corrected chi connectivity index (χ0v) is 9.49. The van der Waals surface area contributed by atoms with Crippen molar-refractivity contribution in [3.63, 3.8) is 0 Å². The topological polar surface area (TPSA) is 38.7 Å². The fourth-order valence-corrected chi connectivity index (χ4v) is 1.54. The minimum atomic E-state index is 0.102. The highest BCUT2D eigenvalue weighted by molar-refractivity contribution is 5.37. The molecule has 0 heterocycles. The van der Waals surface area contributed by atoms with Gasteiger partial charge < -0.3 is 14.6 Å². The van der Waals surface area contributed by atoms with E-state index in [1.54, 1.807) is 14.2 Å². The predicted molar refractivity (Wildman–Crippen MR) is 59.2 cm³/mol. The van der Waals surface area contributed by atoms with Crippen LogP contribution in [0.5, 0.6) is 5.75 Å². The molecule has 1 aromatic rings. The van der Waals surface area contributed by atoms with Gasteiger partial charge in [-0.15, -0.1) is 0 Å². The van der Waals surface area contributed by atoms with Crippen molar-refractivity contribution in [3.05, 3.63) is 29.3 Å². The van der Waals surface area contributed by atoms with Gasteiger partial charge in [0.2, 0.25) is 0 Å². The molecule has 0 aliphatic heterocycles. The van der Waals surface area contributed by atoms with Crippen molar-refractivity contribution in [2.24, 2.45) is 0 Å². The van der Waals surface area contributed by atoms with E-state index in [9.17, 15) is 0 Å². The fourth-order valence-electron chi connectivity index (χ4n) is 1.54. The Morgan fingerprint density at radius 3 is 2.60 bits per heavy atom. The number of rotatable bonds is 5. The van der Waals surface area contributed by atoms with E-state index in [4.69, 9.17) is 14.6 Å². The van der Waals surface area contributed by atoms with E-state index in [0.717, 1.165) is 16.9 Å². The lowest BCUT2D eigenvalue weighted by Gasteiger charge is -2.15. The summed E-state index contributed by atoms with van der Waals surface area (Å²) < 4.78 is 10.3. The minimum Gasteiger partial charge on any atom is -0.497 e. The van der Waals surface area contributed by atoms with E-state index >= 15 is 0 Å². The lowest BCUT2D eigenvalue weighted by molar-refractivity contribution is 0.182. The first-order chi connectivity index (χ1) is 7.22. The Bertz CT molecular complexity index is 310. The molecule has 3 heteroatoms. The van der Waals surface area contributed by atoms with Crippen LogP contribution < -0.4 is 4.74 Å². The Morgan fingerprint density at radius 1 is 1.33 bits per heavy atom. The molecule has 0 saturated heterocycles. The molecular weight excluding hydrogens is 192 g/mol. The van der Waals surface area contributed by atoms with Crippen LogP contribution in [-0.4, -0.2) is 25.9 Å². The predicted octanol–water partition coefficient (Wildman–Crippen LogP) is 1.94. The van der Waals surface area contributed by atoms with Crippen molar-refractivity contribution < 1.29 is 14.6 Å². The normalized spacial score (nSPS) is 12.5. The summed E-state index contributed by atoms with van der Waals surface area (Å²) in [6, 6.07) is 5.83. The molecule has 0 aromatic heterocycles. The summed E-state index contributed by atoms with van der Waals surface area (Å²) in [5, 5.41) is 9.16. The first-order valence-electron chi connectivity index (χ1n) is 4.99. The van der Waals surface area contributed by atoms with Crippen LogP contribution in [0.25, 0.3) is 0 Å². The molecule has 84 valence electrons. The smallest absolute Gasteiger partial charge is 0.119 e. The second-order valence-corrected chi connectivity index (χ2v) is 3.58. The molecule has 3 nitrogen and oxygen atoms in total. The van der Waals surface area contributed by atoms with Gasteiger partial charge in [-0.3, -0.25) is 0 Å². The summed E-state index contributed by atoms with van der Waals surface area (Å²) in [5.74, 6) is 0.912. The van der Waals surface area contributed by atoms with Gasteiger partial charge in [-0.1, -0.05) is 13.0 Å². The summed E-state index contributed by atoms with van der Waals surface area (Å²) in [5.41, 5.74) is 2.18. The van der Waals surface area contributed by atoms with Crippen molar-refractivity contribution in [3.8, 4) is 5.75 Å². The van der Waals surface area contributed by atoms with Gasteiger partial charge in [-0.2, -0.15) is 0 Å². The van der Waals surface area contributed by atoms with Gasteiger partial charge in [0.05, 0.1) is 13.7 Å². The summed E-state index contributed by atoms with van der Waals surface area (Å²) >= 11 is 0. The number of benzene rings is 1. The molecule has 0 fully saturated rings. The third-order valence-corrected chi connectivity index (χ3v) is 2.46. The molecule has 15 heavy (non-hydrogen) atoms. The molecular formula is C12H18O3. The molecule has 1 atom stereocenters. The molecule has 0 saturated carbocycles.